The van der Waals surface area contributed by atoms with E-state index in [-0.39, 0.29) is 11.9 Å². The topological polar surface area (TPSA) is 84.7 Å². The molecule has 1 fully saturated rings. The molecule has 0 bridgehead atoms. The van der Waals surface area contributed by atoms with Crippen molar-refractivity contribution < 1.29 is 18.7 Å². The summed E-state index contributed by atoms with van der Waals surface area (Å²) in [6, 6.07) is 4.72. The zero-order valence-corrected chi connectivity index (χ0v) is 11.7. The van der Waals surface area contributed by atoms with Crippen LogP contribution in [0.5, 0.6) is 0 Å². The summed E-state index contributed by atoms with van der Waals surface area (Å²) in [5.41, 5.74) is 5.79. The number of imide groups is 1. The van der Waals surface area contributed by atoms with Gasteiger partial charge < -0.3 is 10.5 Å². The monoisotopic (exact) mass is 295 g/mol. The summed E-state index contributed by atoms with van der Waals surface area (Å²) >= 11 is 0. The van der Waals surface area contributed by atoms with Gasteiger partial charge in [-0.1, -0.05) is 12.1 Å². The first-order valence-electron chi connectivity index (χ1n) is 6.69. The fraction of sp³-hybridized carbons (Fsp3) is 0.429. The summed E-state index contributed by atoms with van der Waals surface area (Å²) in [5, 5.41) is 2.07. The zero-order chi connectivity index (χ0) is 15.4. The SMILES string of the molecule is C[C@@H](C(=O)NC(N)=O)N1CCO[C@@H](c2ccc(F)cc2)C1. The van der Waals surface area contributed by atoms with E-state index in [1.165, 1.54) is 12.1 Å². The molecule has 0 saturated carbocycles. The number of ether oxygens (including phenoxy) is 1. The number of primary amides is 1. The van der Waals surface area contributed by atoms with E-state index in [9.17, 15) is 14.0 Å². The van der Waals surface area contributed by atoms with Crippen molar-refractivity contribution in [3.05, 3.63) is 35.6 Å². The molecule has 0 radical (unpaired) electrons. The van der Waals surface area contributed by atoms with Gasteiger partial charge in [-0.3, -0.25) is 15.0 Å². The second kappa shape index (κ2) is 6.64. The molecule has 7 heteroatoms. The smallest absolute Gasteiger partial charge is 0.318 e. The zero-order valence-electron chi connectivity index (χ0n) is 11.7. The Morgan fingerprint density at radius 3 is 2.71 bits per heavy atom. The van der Waals surface area contributed by atoms with Gasteiger partial charge in [0.1, 0.15) is 5.82 Å². The van der Waals surface area contributed by atoms with Crippen LogP contribution in [0.25, 0.3) is 0 Å². The number of amides is 3. The Morgan fingerprint density at radius 1 is 1.43 bits per heavy atom. The number of hydrogen-bond acceptors (Lipinski definition) is 4. The molecule has 0 aromatic heterocycles. The Bertz CT molecular complexity index is 521. The van der Waals surface area contributed by atoms with Crippen LogP contribution in [0.3, 0.4) is 0 Å². The third-order valence-corrected chi connectivity index (χ3v) is 3.51. The Kier molecular flexibility index (Phi) is 4.87. The van der Waals surface area contributed by atoms with Crippen molar-refractivity contribution in [2.24, 2.45) is 5.73 Å². The van der Waals surface area contributed by atoms with Crippen LogP contribution < -0.4 is 11.1 Å². The lowest BCUT2D eigenvalue weighted by Crippen LogP contribution is -2.52. The first-order valence-corrected chi connectivity index (χ1v) is 6.69. The van der Waals surface area contributed by atoms with Crippen LogP contribution in [0.4, 0.5) is 9.18 Å². The van der Waals surface area contributed by atoms with Gasteiger partial charge in [-0.15, -0.1) is 0 Å². The molecule has 6 nitrogen and oxygen atoms in total. The van der Waals surface area contributed by atoms with Crippen LogP contribution in [0, 0.1) is 5.82 Å². The molecule has 1 aliphatic heterocycles. The van der Waals surface area contributed by atoms with Crippen LogP contribution in [0.2, 0.25) is 0 Å². The molecule has 2 atom stereocenters. The number of carbonyl (C=O) groups excluding carboxylic acids is 2. The number of nitrogens with zero attached hydrogens (tertiary/aromatic N) is 1. The van der Waals surface area contributed by atoms with Crippen molar-refractivity contribution in [1.82, 2.24) is 10.2 Å². The van der Waals surface area contributed by atoms with E-state index in [4.69, 9.17) is 10.5 Å². The number of morpholine rings is 1. The molecule has 1 heterocycles. The molecule has 1 saturated heterocycles. The highest BCUT2D eigenvalue weighted by atomic mass is 19.1. The standard InChI is InChI=1S/C14H18FN3O3/c1-9(13(19)17-14(16)20)18-6-7-21-12(8-18)10-2-4-11(15)5-3-10/h2-5,9,12H,6-8H2,1H3,(H3,16,17,19,20)/t9-,12+/m0/s1. The number of hydrogen-bond donors (Lipinski definition) is 2. The molecule has 0 spiro atoms. The molecule has 0 unspecified atom stereocenters. The van der Waals surface area contributed by atoms with Gasteiger partial charge in [0, 0.05) is 13.1 Å². The number of carbonyl (C=O) groups is 2. The average Bonchev–Trinajstić information content (AvgIpc) is 2.46. The molecule has 2 rings (SSSR count). The van der Waals surface area contributed by atoms with Crippen LogP contribution in [0.1, 0.15) is 18.6 Å². The third-order valence-electron chi connectivity index (χ3n) is 3.51. The number of nitrogens with one attached hydrogen (secondary N) is 1. The van der Waals surface area contributed by atoms with Crippen molar-refractivity contribution in [2.45, 2.75) is 19.1 Å². The Balaban J connectivity index is 2.01. The van der Waals surface area contributed by atoms with Crippen molar-refractivity contribution in [3.63, 3.8) is 0 Å². The van der Waals surface area contributed by atoms with Crippen molar-refractivity contribution in [1.29, 1.82) is 0 Å². The normalized spacial score (nSPS) is 20.8. The molecule has 114 valence electrons. The van der Waals surface area contributed by atoms with Crippen LogP contribution in [-0.2, 0) is 9.53 Å². The molecule has 3 N–H and O–H groups in total. The number of nitrogens with two attached hydrogens (primary N) is 1. The van der Waals surface area contributed by atoms with Gasteiger partial charge in [-0.2, -0.15) is 0 Å². The summed E-state index contributed by atoms with van der Waals surface area (Å²) in [6.45, 7) is 3.21. The molecule has 1 aliphatic rings. The summed E-state index contributed by atoms with van der Waals surface area (Å²) < 4.78 is 18.6. The minimum Gasteiger partial charge on any atom is -0.371 e. The summed E-state index contributed by atoms with van der Waals surface area (Å²) in [4.78, 5) is 24.4. The Labute approximate surface area is 122 Å². The average molecular weight is 295 g/mol. The largest absolute Gasteiger partial charge is 0.371 e. The molecule has 1 aromatic rings. The van der Waals surface area contributed by atoms with Crippen molar-refractivity contribution in [3.8, 4) is 0 Å². The molecule has 1 aromatic carbocycles. The summed E-state index contributed by atoms with van der Waals surface area (Å²) in [5.74, 6) is -0.747. The number of urea groups is 1. The van der Waals surface area contributed by atoms with Gasteiger partial charge in [-0.25, -0.2) is 9.18 Å². The molecule has 3 amide bonds. The maximum atomic E-state index is 12.9. The summed E-state index contributed by atoms with van der Waals surface area (Å²) in [7, 11) is 0. The maximum Gasteiger partial charge on any atom is 0.318 e. The highest BCUT2D eigenvalue weighted by Gasteiger charge is 2.29. The van der Waals surface area contributed by atoms with Crippen molar-refractivity contribution >= 4 is 11.9 Å². The van der Waals surface area contributed by atoms with E-state index < -0.39 is 18.0 Å². The predicted octanol–water partition coefficient (Wildman–Crippen LogP) is 0.782. The minimum atomic E-state index is -0.866. The van der Waals surface area contributed by atoms with Crippen LogP contribution in [-0.4, -0.2) is 42.6 Å². The molecular formula is C14H18FN3O3. The van der Waals surface area contributed by atoms with Crippen LogP contribution in [0.15, 0.2) is 24.3 Å². The predicted molar refractivity (Wildman–Crippen MR) is 73.9 cm³/mol. The fourth-order valence-electron chi connectivity index (χ4n) is 2.29. The molecular weight excluding hydrogens is 277 g/mol. The number of halogens is 1. The number of benzene rings is 1. The second-order valence-corrected chi connectivity index (χ2v) is 4.94. The molecule has 0 aliphatic carbocycles. The quantitative estimate of drug-likeness (QED) is 0.863. The van der Waals surface area contributed by atoms with E-state index in [1.54, 1.807) is 19.1 Å². The van der Waals surface area contributed by atoms with E-state index in [2.05, 4.69) is 5.32 Å². The maximum absolute atomic E-state index is 12.9. The van der Waals surface area contributed by atoms with E-state index in [0.717, 1.165) is 5.56 Å². The van der Waals surface area contributed by atoms with Crippen LogP contribution >= 0.6 is 0 Å². The van der Waals surface area contributed by atoms with Gasteiger partial charge in [-0.05, 0) is 24.6 Å². The van der Waals surface area contributed by atoms with Gasteiger partial charge in [0.05, 0.1) is 18.8 Å². The van der Waals surface area contributed by atoms with E-state index in [1.807, 2.05) is 4.90 Å². The highest BCUT2D eigenvalue weighted by molar-refractivity contribution is 5.96. The second-order valence-electron chi connectivity index (χ2n) is 4.94. The lowest BCUT2D eigenvalue weighted by atomic mass is 10.1. The minimum absolute atomic E-state index is 0.233. The Hall–Kier alpha value is -1.99. The third kappa shape index (κ3) is 3.99. The number of rotatable bonds is 3. The van der Waals surface area contributed by atoms with Crippen molar-refractivity contribution in [2.75, 3.05) is 19.7 Å². The Morgan fingerprint density at radius 2 is 2.10 bits per heavy atom. The summed E-state index contributed by atoms with van der Waals surface area (Å²) in [6.07, 6.45) is -0.233. The van der Waals surface area contributed by atoms with Gasteiger partial charge in [0.2, 0.25) is 5.91 Å². The van der Waals surface area contributed by atoms with Gasteiger partial charge >= 0.3 is 6.03 Å². The first-order chi connectivity index (χ1) is 9.97. The lowest BCUT2D eigenvalue weighted by Gasteiger charge is -2.36. The van der Waals surface area contributed by atoms with E-state index >= 15 is 0 Å². The van der Waals surface area contributed by atoms with Gasteiger partial charge in [0.15, 0.2) is 0 Å². The first kappa shape index (κ1) is 15.4. The highest BCUT2D eigenvalue weighted by Crippen LogP contribution is 2.23. The van der Waals surface area contributed by atoms with Gasteiger partial charge in [0.25, 0.3) is 0 Å². The van der Waals surface area contributed by atoms with E-state index in [0.29, 0.717) is 19.7 Å². The fourth-order valence-corrected chi connectivity index (χ4v) is 2.29. The molecule has 21 heavy (non-hydrogen) atoms. The lowest BCUT2D eigenvalue weighted by molar-refractivity contribution is -0.128.